The Morgan fingerprint density at radius 3 is 2.53 bits per heavy atom. The third kappa shape index (κ3) is 2.33. The van der Waals surface area contributed by atoms with E-state index in [4.69, 9.17) is 5.73 Å². The summed E-state index contributed by atoms with van der Waals surface area (Å²) in [5.41, 5.74) is 8.57. The van der Waals surface area contributed by atoms with E-state index in [1.54, 1.807) is 12.3 Å². The molecule has 1 heterocycles. The van der Waals surface area contributed by atoms with Gasteiger partial charge in [0.1, 0.15) is 11.6 Å². The second kappa shape index (κ2) is 4.57. The van der Waals surface area contributed by atoms with Crippen molar-refractivity contribution in [3.8, 4) is 22.6 Å². The van der Waals surface area contributed by atoms with Crippen LogP contribution in [0.25, 0.3) is 22.6 Å². The number of nitrogens with one attached hydrogen (secondary N) is 1. The first kappa shape index (κ1) is 11.5. The normalized spacial score (nSPS) is 10.6. The minimum Gasteiger partial charge on any atom is -0.399 e. The van der Waals surface area contributed by atoms with Crippen LogP contribution in [-0.4, -0.2) is 9.97 Å². The number of halogens is 1. The summed E-state index contributed by atoms with van der Waals surface area (Å²) in [4.78, 5) is 7.43. The number of hydrogen-bond acceptors (Lipinski definition) is 2. The second-order valence-corrected chi connectivity index (χ2v) is 4.28. The van der Waals surface area contributed by atoms with Crippen molar-refractivity contribution in [2.24, 2.45) is 0 Å². The van der Waals surface area contributed by atoms with Crippen molar-refractivity contribution in [1.82, 2.24) is 9.97 Å². The zero-order valence-electron chi connectivity index (χ0n) is 10.1. The lowest BCUT2D eigenvalue weighted by atomic mass is 10.2. The Balaban J connectivity index is 2.02. The molecule has 94 valence electrons. The molecule has 3 aromatic rings. The van der Waals surface area contributed by atoms with Crippen LogP contribution in [0.5, 0.6) is 0 Å². The first-order valence-electron chi connectivity index (χ1n) is 5.89. The Morgan fingerprint density at radius 2 is 1.79 bits per heavy atom. The van der Waals surface area contributed by atoms with Crippen molar-refractivity contribution in [3.63, 3.8) is 0 Å². The monoisotopic (exact) mass is 253 g/mol. The smallest absolute Gasteiger partial charge is 0.137 e. The maximum absolute atomic E-state index is 13.3. The Bertz CT molecular complexity index is 684. The third-order valence-electron chi connectivity index (χ3n) is 2.85. The van der Waals surface area contributed by atoms with Crippen molar-refractivity contribution in [2.45, 2.75) is 0 Å². The molecule has 3 nitrogen and oxygen atoms in total. The van der Waals surface area contributed by atoms with E-state index in [9.17, 15) is 4.39 Å². The summed E-state index contributed by atoms with van der Waals surface area (Å²) in [5.74, 6) is 0.234. The van der Waals surface area contributed by atoms with Crippen molar-refractivity contribution in [2.75, 3.05) is 5.73 Å². The van der Waals surface area contributed by atoms with Gasteiger partial charge in [-0.25, -0.2) is 9.37 Å². The maximum atomic E-state index is 13.3. The average Bonchev–Trinajstić information content (AvgIpc) is 2.88. The standard InChI is InChI=1S/C15H12FN3/c16-12-6-11(7-13(17)8-12)15-18-9-14(19-15)10-4-2-1-3-5-10/h1-9H,17H2,(H,18,19). The van der Waals surface area contributed by atoms with Crippen molar-refractivity contribution in [3.05, 3.63) is 60.5 Å². The van der Waals surface area contributed by atoms with E-state index in [1.807, 2.05) is 30.3 Å². The quantitative estimate of drug-likeness (QED) is 0.687. The molecule has 0 aliphatic carbocycles. The molecule has 3 rings (SSSR count). The molecule has 0 amide bonds. The van der Waals surface area contributed by atoms with E-state index in [1.165, 1.54) is 12.1 Å². The van der Waals surface area contributed by atoms with Gasteiger partial charge >= 0.3 is 0 Å². The zero-order chi connectivity index (χ0) is 13.2. The van der Waals surface area contributed by atoms with Gasteiger partial charge in [0.2, 0.25) is 0 Å². The lowest BCUT2D eigenvalue weighted by Crippen LogP contribution is -1.89. The fourth-order valence-electron chi connectivity index (χ4n) is 1.98. The van der Waals surface area contributed by atoms with Gasteiger partial charge < -0.3 is 10.7 Å². The van der Waals surface area contributed by atoms with E-state index in [-0.39, 0.29) is 5.82 Å². The van der Waals surface area contributed by atoms with Crippen LogP contribution < -0.4 is 5.73 Å². The number of hydrogen-bond donors (Lipinski definition) is 2. The van der Waals surface area contributed by atoms with Crippen LogP contribution in [-0.2, 0) is 0 Å². The van der Waals surface area contributed by atoms with Gasteiger partial charge in [-0.15, -0.1) is 0 Å². The molecule has 0 saturated carbocycles. The average molecular weight is 253 g/mol. The van der Waals surface area contributed by atoms with E-state index in [2.05, 4.69) is 9.97 Å². The number of rotatable bonds is 2. The van der Waals surface area contributed by atoms with Gasteiger partial charge in [-0.05, 0) is 23.8 Å². The molecule has 3 N–H and O–H groups in total. The largest absolute Gasteiger partial charge is 0.399 e. The molecule has 0 aliphatic rings. The number of nitrogens with zero attached hydrogens (tertiary/aromatic N) is 1. The summed E-state index contributed by atoms with van der Waals surface area (Å²) < 4.78 is 13.3. The summed E-state index contributed by atoms with van der Waals surface area (Å²) in [5, 5.41) is 0. The van der Waals surface area contributed by atoms with Gasteiger partial charge in [-0.2, -0.15) is 0 Å². The maximum Gasteiger partial charge on any atom is 0.137 e. The zero-order valence-corrected chi connectivity index (χ0v) is 10.1. The number of anilines is 1. The first-order valence-corrected chi connectivity index (χ1v) is 5.89. The Hall–Kier alpha value is -2.62. The van der Waals surface area contributed by atoms with Gasteiger partial charge in [-0.1, -0.05) is 30.3 Å². The number of imidazole rings is 1. The minimum absolute atomic E-state index is 0.368. The summed E-state index contributed by atoms with van der Waals surface area (Å²) in [6.45, 7) is 0. The SMILES string of the molecule is Nc1cc(F)cc(-c2ncc(-c3ccccc3)[nH]2)c1. The van der Waals surface area contributed by atoms with Crippen LogP contribution >= 0.6 is 0 Å². The fourth-order valence-corrected chi connectivity index (χ4v) is 1.98. The lowest BCUT2D eigenvalue weighted by Gasteiger charge is -2.00. The molecule has 2 aromatic carbocycles. The highest BCUT2D eigenvalue weighted by molar-refractivity contribution is 5.66. The van der Waals surface area contributed by atoms with E-state index in [0.29, 0.717) is 17.1 Å². The van der Waals surface area contributed by atoms with Gasteiger partial charge in [0.25, 0.3) is 0 Å². The number of benzene rings is 2. The topological polar surface area (TPSA) is 54.7 Å². The molecule has 0 saturated heterocycles. The molecule has 0 atom stereocenters. The van der Waals surface area contributed by atoms with Gasteiger partial charge in [0, 0.05) is 11.3 Å². The van der Waals surface area contributed by atoms with Crippen LogP contribution in [0, 0.1) is 5.82 Å². The molecule has 0 unspecified atom stereocenters. The number of nitrogens with two attached hydrogens (primary N) is 1. The van der Waals surface area contributed by atoms with Crippen LogP contribution in [0.3, 0.4) is 0 Å². The number of aromatic nitrogens is 2. The third-order valence-corrected chi connectivity index (χ3v) is 2.85. The molecule has 0 spiro atoms. The van der Waals surface area contributed by atoms with Gasteiger partial charge in [-0.3, -0.25) is 0 Å². The molecule has 1 aromatic heterocycles. The predicted molar refractivity (Wildman–Crippen MR) is 73.8 cm³/mol. The molecule has 0 aliphatic heterocycles. The van der Waals surface area contributed by atoms with E-state index in [0.717, 1.165) is 11.3 Å². The van der Waals surface area contributed by atoms with E-state index >= 15 is 0 Å². The number of H-pyrrole nitrogens is 1. The molecule has 0 radical (unpaired) electrons. The second-order valence-electron chi connectivity index (χ2n) is 4.28. The Labute approximate surface area is 109 Å². The Kier molecular flexibility index (Phi) is 2.76. The lowest BCUT2D eigenvalue weighted by molar-refractivity contribution is 0.629. The fraction of sp³-hybridized carbons (Fsp3) is 0. The van der Waals surface area contributed by atoms with Gasteiger partial charge in [0.15, 0.2) is 0 Å². The van der Waals surface area contributed by atoms with Crippen LogP contribution in [0.2, 0.25) is 0 Å². The van der Waals surface area contributed by atoms with Crippen molar-refractivity contribution < 1.29 is 4.39 Å². The number of aromatic amines is 1. The summed E-state index contributed by atoms with van der Waals surface area (Å²) in [6.07, 6.45) is 1.73. The van der Waals surface area contributed by atoms with Crippen molar-refractivity contribution >= 4 is 5.69 Å². The molecule has 0 bridgehead atoms. The molecule has 19 heavy (non-hydrogen) atoms. The minimum atomic E-state index is -0.368. The van der Waals surface area contributed by atoms with E-state index < -0.39 is 0 Å². The van der Waals surface area contributed by atoms with Crippen LogP contribution in [0.15, 0.2) is 54.7 Å². The first-order chi connectivity index (χ1) is 9.22. The summed E-state index contributed by atoms with van der Waals surface area (Å²) in [6, 6.07) is 14.2. The molecule has 0 fully saturated rings. The van der Waals surface area contributed by atoms with Crippen LogP contribution in [0.1, 0.15) is 0 Å². The summed E-state index contributed by atoms with van der Waals surface area (Å²) >= 11 is 0. The Morgan fingerprint density at radius 1 is 1.00 bits per heavy atom. The number of nitrogen functional groups attached to an aromatic ring is 1. The molecule has 4 heteroatoms. The summed E-state index contributed by atoms with van der Waals surface area (Å²) in [7, 11) is 0. The van der Waals surface area contributed by atoms with Crippen molar-refractivity contribution in [1.29, 1.82) is 0 Å². The van der Waals surface area contributed by atoms with Gasteiger partial charge in [0.05, 0.1) is 11.9 Å². The van der Waals surface area contributed by atoms with Crippen LogP contribution in [0.4, 0.5) is 10.1 Å². The highest BCUT2D eigenvalue weighted by atomic mass is 19.1. The molecular weight excluding hydrogens is 241 g/mol. The highest BCUT2D eigenvalue weighted by Crippen LogP contribution is 2.24. The predicted octanol–water partition coefficient (Wildman–Crippen LogP) is 3.47. The molecular formula is C15H12FN3. The highest BCUT2D eigenvalue weighted by Gasteiger charge is 2.07.